The van der Waals surface area contributed by atoms with Gasteiger partial charge in [0.1, 0.15) is 0 Å². The van der Waals surface area contributed by atoms with Crippen LogP contribution >= 0.6 is 15.9 Å². The zero-order valence-corrected chi connectivity index (χ0v) is 15.5. The van der Waals surface area contributed by atoms with Gasteiger partial charge in [0.15, 0.2) is 5.78 Å². The summed E-state index contributed by atoms with van der Waals surface area (Å²) >= 11 is 3.41. The predicted octanol–water partition coefficient (Wildman–Crippen LogP) is 3.96. The van der Waals surface area contributed by atoms with Crippen molar-refractivity contribution < 1.29 is 9.59 Å². The molecule has 0 atom stereocenters. The Kier molecular flexibility index (Phi) is 6.55. The van der Waals surface area contributed by atoms with Crippen molar-refractivity contribution in [2.24, 2.45) is 0 Å². The summed E-state index contributed by atoms with van der Waals surface area (Å²) in [6.07, 6.45) is 0. The number of hydrogen-bond donors (Lipinski definition) is 1. The van der Waals surface area contributed by atoms with E-state index in [0.717, 1.165) is 4.47 Å². The highest BCUT2D eigenvalue weighted by atomic mass is 79.9. The van der Waals surface area contributed by atoms with Crippen LogP contribution in [0.2, 0.25) is 0 Å². The number of hydrogen-bond acceptors (Lipinski definition) is 3. The van der Waals surface area contributed by atoms with Crippen LogP contribution in [0.3, 0.4) is 0 Å². The fraction of sp³-hybridized carbons (Fsp3) is 0.263. The van der Waals surface area contributed by atoms with Gasteiger partial charge in [0.2, 0.25) is 5.91 Å². The summed E-state index contributed by atoms with van der Waals surface area (Å²) in [5, 5.41) is 3.11. The Labute approximate surface area is 151 Å². The summed E-state index contributed by atoms with van der Waals surface area (Å²) in [7, 11) is 0. The van der Waals surface area contributed by atoms with E-state index in [1.165, 1.54) is 0 Å². The number of nitrogens with one attached hydrogen (secondary N) is 1. The van der Waals surface area contributed by atoms with Gasteiger partial charge in [-0.1, -0.05) is 46.3 Å². The van der Waals surface area contributed by atoms with Crippen LogP contribution in [0, 0.1) is 0 Å². The molecule has 0 aliphatic rings. The first-order chi connectivity index (χ1) is 11.6. The number of rotatable bonds is 7. The molecule has 5 heteroatoms. The van der Waals surface area contributed by atoms with Gasteiger partial charge in [-0.15, -0.1) is 0 Å². The molecule has 0 saturated heterocycles. The minimum absolute atomic E-state index is 0.0148. The molecule has 0 fully saturated rings. The predicted molar refractivity (Wildman–Crippen MR) is 100 cm³/mol. The number of carbonyl (C=O) groups excluding carboxylic acids is 2. The zero-order chi connectivity index (χ0) is 17.5. The van der Waals surface area contributed by atoms with Crippen molar-refractivity contribution in [1.29, 1.82) is 0 Å². The monoisotopic (exact) mass is 388 g/mol. The molecule has 24 heavy (non-hydrogen) atoms. The number of carbonyl (C=O) groups is 2. The molecule has 2 rings (SSSR count). The fourth-order valence-electron chi connectivity index (χ4n) is 2.46. The number of likely N-dealkylation sites (N-methyl/N-ethyl adjacent to an activating group) is 1. The van der Waals surface area contributed by atoms with Crippen molar-refractivity contribution in [2.45, 2.75) is 13.8 Å². The van der Waals surface area contributed by atoms with Crippen LogP contribution in [0.15, 0.2) is 53.0 Å². The van der Waals surface area contributed by atoms with Crippen molar-refractivity contribution in [3.8, 4) is 0 Å². The summed E-state index contributed by atoms with van der Waals surface area (Å²) in [5.41, 5.74) is 1.82. The van der Waals surface area contributed by atoms with E-state index in [4.69, 9.17) is 0 Å². The summed E-state index contributed by atoms with van der Waals surface area (Å²) < 4.78 is 0.822. The molecule has 1 N–H and O–H groups in total. The minimum atomic E-state index is -0.0744. The van der Waals surface area contributed by atoms with E-state index in [0.29, 0.717) is 29.9 Å². The molecule has 0 aliphatic carbocycles. The first-order valence-corrected chi connectivity index (χ1v) is 8.77. The molecular weight excluding hydrogens is 368 g/mol. The molecule has 0 radical (unpaired) electrons. The topological polar surface area (TPSA) is 49.4 Å². The lowest BCUT2D eigenvalue weighted by molar-refractivity contribution is -0.128. The second-order valence-corrected chi connectivity index (χ2v) is 6.22. The number of amides is 1. The molecule has 0 unspecified atom stereocenters. The van der Waals surface area contributed by atoms with Crippen LogP contribution < -0.4 is 5.32 Å². The highest BCUT2D eigenvalue weighted by molar-refractivity contribution is 9.10. The summed E-state index contributed by atoms with van der Waals surface area (Å²) in [5.74, 6) is -0.0595. The second-order valence-electron chi connectivity index (χ2n) is 5.30. The summed E-state index contributed by atoms with van der Waals surface area (Å²) in [4.78, 5) is 26.7. The molecule has 0 heterocycles. The lowest BCUT2D eigenvalue weighted by Crippen LogP contribution is -2.35. The van der Waals surface area contributed by atoms with E-state index >= 15 is 0 Å². The molecule has 126 valence electrons. The van der Waals surface area contributed by atoms with Crippen LogP contribution in [0.4, 0.5) is 5.69 Å². The first kappa shape index (κ1) is 18.2. The molecule has 0 saturated carbocycles. The number of ketones is 1. The molecule has 0 aliphatic heterocycles. The first-order valence-electron chi connectivity index (χ1n) is 7.97. The Hall–Kier alpha value is -2.14. The van der Waals surface area contributed by atoms with E-state index in [-0.39, 0.29) is 18.2 Å². The van der Waals surface area contributed by atoms with E-state index in [1.807, 2.05) is 44.2 Å². The van der Waals surface area contributed by atoms with Gasteiger partial charge in [-0.25, -0.2) is 0 Å². The largest absolute Gasteiger partial charge is 0.376 e. The molecular formula is C19H21BrN2O2. The Bertz CT molecular complexity index is 713. The van der Waals surface area contributed by atoms with E-state index in [9.17, 15) is 9.59 Å². The standard InChI is InChI=1S/C19H21BrN2O2/c1-3-22(4-2)18(23)13-21-17-11-10-15(20)12-16(17)19(24)14-8-6-5-7-9-14/h5-12,21H,3-4,13H2,1-2H3. The van der Waals surface area contributed by atoms with Crippen LogP contribution in [0.25, 0.3) is 0 Å². The third-order valence-corrected chi connectivity index (χ3v) is 4.30. The Morgan fingerprint density at radius 1 is 1.04 bits per heavy atom. The SMILES string of the molecule is CCN(CC)C(=O)CNc1ccc(Br)cc1C(=O)c1ccccc1. The third-order valence-electron chi connectivity index (χ3n) is 3.81. The van der Waals surface area contributed by atoms with Gasteiger partial charge in [0, 0.05) is 34.4 Å². The maximum atomic E-state index is 12.8. The average Bonchev–Trinajstić information content (AvgIpc) is 2.61. The van der Waals surface area contributed by atoms with Crippen molar-refractivity contribution in [3.63, 3.8) is 0 Å². The average molecular weight is 389 g/mol. The number of nitrogens with zero attached hydrogens (tertiary/aromatic N) is 1. The zero-order valence-electron chi connectivity index (χ0n) is 13.9. The van der Waals surface area contributed by atoms with Gasteiger partial charge in [-0.2, -0.15) is 0 Å². The molecule has 0 bridgehead atoms. The Morgan fingerprint density at radius 2 is 1.71 bits per heavy atom. The summed E-state index contributed by atoms with van der Waals surface area (Å²) in [6.45, 7) is 5.41. The number of halogens is 1. The van der Waals surface area contributed by atoms with Crippen molar-refractivity contribution in [3.05, 3.63) is 64.1 Å². The normalized spacial score (nSPS) is 10.3. The van der Waals surface area contributed by atoms with Crippen LogP contribution in [-0.2, 0) is 4.79 Å². The highest BCUT2D eigenvalue weighted by Crippen LogP contribution is 2.24. The minimum Gasteiger partial charge on any atom is -0.376 e. The molecule has 2 aromatic carbocycles. The second kappa shape index (κ2) is 8.64. The molecule has 0 aromatic heterocycles. The van der Waals surface area contributed by atoms with Crippen molar-refractivity contribution in [2.75, 3.05) is 25.0 Å². The van der Waals surface area contributed by atoms with Crippen molar-refractivity contribution in [1.82, 2.24) is 4.90 Å². The smallest absolute Gasteiger partial charge is 0.241 e. The quantitative estimate of drug-likeness (QED) is 0.730. The maximum Gasteiger partial charge on any atom is 0.241 e. The number of anilines is 1. The molecule has 0 spiro atoms. The van der Waals surface area contributed by atoms with Gasteiger partial charge in [-0.05, 0) is 32.0 Å². The molecule has 1 amide bonds. The summed E-state index contributed by atoms with van der Waals surface area (Å²) in [6, 6.07) is 14.6. The number of benzene rings is 2. The van der Waals surface area contributed by atoms with Gasteiger partial charge >= 0.3 is 0 Å². The van der Waals surface area contributed by atoms with Crippen molar-refractivity contribution >= 4 is 33.3 Å². The van der Waals surface area contributed by atoms with Gasteiger partial charge < -0.3 is 10.2 Å². The van der Waals surface area contributed by atoms with Crippen LogP contribution in [0.5, 0.6) is 0 Å². The lowest BCUT2D eigenvalue weighted by atomic mass is 10.0. The van der Waals surface area contributed by atoms with Crippen LogP contribution in [-0.4, -0.2) is 36.2 Å². The van der Waals surface area contributed by atoms with Gasteiger partial charge in [0.25, 0.3) is 0 Å². The molecule has 4 nitrogen and oxygen atoms in total. The van der Waals surface area contributed by atoms with Gasteiger partial charge in [-0.3, -0.25) is 9.59 Å². The third kappa shape index (κ3) is 4.45. The van der Waals surface area contributed by atoms with E-state index in [2.05, 4.69) is 21.2 Å². The maximum absolute atomic E-state index is 12.8. The highest BCUT2D eigenvalue weighted by Gasteiger charge is 2.16. The Morgan fingerprint density at radius 3 is 2.33 bits per heavy atom. The Balaban J connectivity index is 2.22. The van der Waals surface area contributed by atoms with Crippen LogP contribution in [0.1, 0.15) is 29.8 Å². The lowest BCUT2D eigenvalue weighted by Gasteiger charge is -2.20. The van der Waals surface area contributed by atoms with E-state index < -0.39 is 0 Å². The fourth-order valence-corrected chi connectivity index (χ4v) is 2.82. The van der Waals surface area contributed by atoms with Gasteiger partial charge in [0.05, 0.1) is 6.54 Å². The molecule has 2 aromatic rings. The van der Waals surface area contributed by atoms with E-state index in [1.54, 1.807) is 23.1 Å².